The quantitative estimate of drug-likeness (QED) is 0.780. The molecule has 0 aromatic heterocycles. The van der Waals surface area contributed by atoms with E-state index < -0.39 is 0 Å². The maximum absolute atomic E-state index is 11.9. The predicted molar refractivity (Wildman–Crippen MR) is 64.1 cm³/mol. The van der Waals surface area contributed by atoms with Gasteiger partial charge in [0, 0.05) is 13.1 Å². The van der Waals surface area contributed by atoms with Crippen LogP contribution in [0.1, 0.15) is 23.1 Å². The van der Waals surface area contributed by atoms with E-state index in [0.29, 0.717) is 6.54 Å². The van der Waals surface area contributed by atoms with Crippen LogP contribution in [0.4, 0.5) is 0 Å². The van der Waals surface area contributed by atoms with Gasteiger partial charge < -0.3 is 5.32 Å². The third-order valence-corrected chi connectivity index (χ3v) is 4.20. The standard InChI is InChI=1S/C14H14N2O2/c17-13-11-4-12(11)14(18)16(13)7-8-1-2-9-5-15-6-10(9)3-8/h1-3,11-12,15H,4-7H2. The molecule has 0 bridgehead atoms. The summed E-state index contributed by atoms with van der Waals surface area (Å²) in [5.74, 6) is 0.0782. The van der Waals surface area contributed by atoms with Gasteiger partial charge in [-0.2, -0.15) is 0 Å². The molecule has 1 N–H and O–H groups in total. The van der Waals surface area contributed by atoms with Crippen LogP contribution in [0.3, 0.4) is 0 Å². The summed E-state index contributed by atoms with van der Waals surface area (Å²) in [7, 11) is 0. The number of nitrogens with one attached hydrogen (secondary N) is 1. The van der Waals surface area contributed by atoms with Crippen molar-refractivity contribution >= 4 is 11.8 Å². The highest BCUT2D eigenvalue weighted by Crippen LogP contribution is 2.47. The first-order chi connectivity index (χ1) is 8.74. The van der Waals surface area contributed by atoms with E-state index in [1.807, 2.05) is 6.07 Å². The molecule has 0 radical (unpaired) electrons. The van der Waals surface area contributed by atoms with Gasteiger partial charge in [0.1, 0.15) is 0 Å². The fourth-order valence-electron chi connectivity index (χ4n) is 3.03. The zero-order valence-corrected chi connectivity index (χ0v) is 9.98. The molecule has 4 rings (SSSR count). The van der Waals surface area contributed by atoms with Crippen LogP contribution in [-0.2, 0) is 29.2 Å². The fraction of sp³-hybridized carbons (Fsp3) is 0.429. The number of hydrogen-bond donors (Lipinski definition) is 1. The molecule has 1 aromatic carbocycles. The number of imide groups is 1. The second-order valence-corrected chi connectivity index (χ2v) is 5.42. The Bertz CT molecular complexity index is 547. The summed E-state index contributed by atoms with van der Waals surface area (Å²) >= 11 is 0. The van der Waals surface area contributed by atoms with Gasteiger partial charge in [-0.1, -0.05) is 18.2 Å². The van der Waals surface area contributed by atoms with Gasteiger partial charge in [-0.05, 0) is 23.1 Å². The third-order valence-electron chi connectivity index (χ3n) is 4.20. The summed E-state index contributed by atoms with van der Waals surface area (Å²) in [6.07, 6.45) is 0.780. The van der Waals surface area contributed by atoms with Crippen molar-refractivity contribution < 1.29 is 9.59 Å². The van der Waals surface area contributed by atoms with Crippen molar-refractivity contribution in [2.24, 2.45) is 11.8 Å². The zero-order valence-electron chi connectivity index (χ0n) is 9.98. The van der Waals surface area contributed by atoms with Gasteiger partial charge in [-0.25, -0.2) is 0 Å². The number of nitrogens with zero attached hydrogens (tertiary/aromatic N) is 1. The molecule has 1 saturated carbocycles. The average molecular weight is 242 g/mol. The second-order valence-electron chi connectivity index (χ2n) is 5.42. The van der Waals surface area contributed by atoms with Crippen LogP contribution in [-0.4, -0.2) is 16.7 Å². The molecule has 0 spiro atoms. The number of piperidine rings is 1. The van der Waals surface area contributed by atoms with Crippen molar-refractivity contribution in [3.05, 3.63) is 34.9 Å². The number of amides is 2. The van der Waals surface area contributed by atoms with E-state index in [2.05, 4.69) is 17.4 Å². The van der Waals surface area contributed by atoms with E-state index in [4.69, 9.17) is 0 Å². The number of fused-ring (bicyclic) bond motifs is 2. The van der Waals surface area contributed by atoms with Crippen molar-refractivity contribution in [3.63, 3.8) is 0 Å². The molecule has 92 valence electrons. The lowest BCUT2D eigenvalue weighted by Crippen LogP contribution is -2.32. The van der Waals surface area contributed by atoms with Gasteiger partial charge in [0.15, 0.2) is 0 Å². The first-order valence-corrected chi connectivity index (χ1v) is 6.40. The molecule has 4 heteroatoms. The lowest BCUT2D eigenvalue weighted by atomic mass is 10.1. The normalized spacial score (nSPS) is 28.6. The molecule has 2 aliphatic heterocycles. The molecule has 2 amide bonds. The lowest BCUT2D eigenvalue weighted by Gasteiger charge is -2.16. The number of rotatable bonds is 2. The van der Waals surface area contributed by atoms with Crippen molar-refractivity contribution in [3.8, 4) is 0 Å². The van der Waals surface area contributed by atoms with E-state index in [-0.39, 0.29) is 23.7 Å². The Labute approximate surface area is 105 Å². The molecular formula is C14H14N2O2. The zero-order chi connectivity index (χ0) is 12.3. The lowest BCUT2D eigenvalue weighted by molar-refractivity contribution is -0.142. The van der Waals surface area contributed by atoms with Crippen LogP contribution >= 0.6 is 0 Å². The summed E-state index contributed by atoms with van der Waals surface area (Å²) in [6, 6.07) is 6.23. The van der Waals surface area contributed by atoms with E-state index in [0.717, 1.165) is 25.1 Å². The average Bonchev–Trinajstić information content (AvgIpc) is 2.98. The fourth-order valence-corrected chi connectivity index (χ4v) is 3.03. The third kappa shape index (κ3) is 1.35. The maximum Gasteiger partial charge on any atom is 0.233 e. The van der Waals surface area contributed by atoms with E-state index >= 15 is 0 Å². The van der Waals surface area contributed by atoms with E-state index in [1.54, 1.807) is 0 Å². The highest BCUT2D eigenvalue weighted by molar-refractivity contribution is 6.08. The number of benzene rings is 1. The van der Waals surface area contributed by atoms with Gasteiger partial charge >= 0.3 is 0 Å². The van der Waals surface area contributed by atoms with Crippen molar-refractivity contribution in [2.75, 3.05) is 0 Å². The Hall–Kier alpha value is -1.68. The van der Waals surface area contributed by atoms with Gasteiger partial charge in [0.05, 0.1) is 18.4 Å². The highest BCUT2D eigenvalue weighted by Gasteiger charge is 2.58. The minimum atomic E-state index is 0.00796. The van der Waals surface area contributed by atoms with E-state index in [1.165, 1.54) is 16.0 Å². The maximum atomic E-state index is 11.9. The topological polar surface area (TPSA) is 49.4 Å². The summed E-state index contributed by atoms with van der Waals surface area (Å²) in [5.41, 5.74) is 3.66. The Kier molecular flexibility index (Phi) is 1.95. The van der Waals surface area contributed by atoms with Crippen LogP contribution < -0.4 is 5.32 Å². The van der Waals surface area contributed by atoms with Crippen LogP contribution in [0, 0.1) is 11.8 Å². The second kappa shape index (κ2) is 3.42. The molecule has 1 saturated heterocycles. The highest BCUT2D eigenvalue weighted by atomic mass is 16.2. The Balaban J connectivity index is 1.58. The molecule has 18 heavy (non-hydrogen) atoms. The van der Waals surface area contributed by atoms with Crippen LogP contribution in [0.5, 0.6) is 0 Å². The molecule has 2 heterocycles. The Morgan fingerprint density at radius 1 is 1.11 bits per heavy atom. The first kappa shape index (κ1) is 10.3. The van der Waals surface area contributed by atoms with Gasteiger partial charge in [0.25, 0.3) is 0 Å². The van der Waals surface area contributed by atoms with Crippen molar-refractivity contribution in [2.45, 2.75) is 26.1 Å². The van der Waals surface area contributed by atoms with Crippen molar-refractivity contribution in [1.29, 1.82) is 0 Å². The molecule has 1 aliphatic carbocycles. The Morgan fingerprint density at radius 3 is 2.61 bits per heavy atom. The monoisotopic (exact) mass is 242 g/mol. The van der Waals surface area contributed by atoms with Crippen LogP contribution in [0.15, 0.2) is 18.2 Å². The largest absolute Gasteiger partial charge is 0.309 e. The number of carbonyl (C=O) groups excluding carboxylic acids is 2. The van der Waals surface area contributed by atoms with Gasteiger partial charge in [0.2, 0.25) is 11.8 Å². The molecule has 2 fully saturated rings. The molecule has 2 unspecified atom stereocenters. The predicted octanol–water partition coefficient (Wildman–Crippen LogP) is 0.795. The van der Waals surface area contributed by atoms with Gasteiger partial charge in [-0.3, -0.25) is 14.5 Å². The molecular weight excluding hydrogens is 228 g/mol. The smallest absolute Gasteiger partial charge is 0.233 e. The minimum absolute atomic E-state index is 0.00796. The summed E-state index contributed by atoms with van der Waals surface area (Å²) in [5, 5.41) is 3.29. The van der Waals surface area contributed by atoms with E-state index in [9.17, 15) is 9.59 Å². The first-order valence-electron chi connectivity index (χ1n) is 6.40. The number of carbonyl (C=O) groups is 2. The number of likely N-dealkylation sites (tertiary alicyclic amines) is 1. The van der Waals surface area contributed by atoms with Gasteiger partial charge in [-0.15, -0.1) is 0 Å². The molecule has 1 aromatic rings. The SMILES string of the molecule is O=C1C2CC2C(=O)N1Cc1ccc2c(c1)CNC2. The summed E-state index contributed by atoms with van der Waals surface area (Å²) < 4.78 is 0. The minimum Gasteiger partial charge on any atom is -0.309 e. The molecule has 2 atom stereocenters. The summed E-state index contributed by atoms with van der Waals surface area (Å²) in [4.78, 5) is 25.2. The summed E-state index contributed by atoms with van der Waals surface area (Å²) in [6.45, 7) is 2.25. The number of hydrogen-bond acceptors (Lipinski definition) is 3. The Morgan fingerprint density at radius 2 is 1.83 bits per heavy atom. The van der Waals surface area contributed by atoms with Crippen LogP contribution in [0.2, 0.25) is 0 Å². The molecule has 4 nitrogen and oxygen atoms in total. The molecule has 3 aliphatic rings. The van der Waals surface area contributed by atoms with Crippen molar-refractivity contribution in [1.82, 2.24) is 10.2 Å². The van der Waals surface area contributed by atoms with Crippen LogP contribution in [0.25, 0.3) is 0 Å².